The molecule has 0 aliphatic carbocycles. The molecule has 0 atom stereocenters. The fourth-order valence-electron chi connectivity index (χ4n) is 2.03. The van der Waals surface area contributed by atoms with Gasteiger partial charge in [-0.15, -0.1) is 11.8 Å². The fourth-order valence-corrected chi connectivity index (χ4v) is 2.78. The Morgan fingerprint density at radius 1 is 1.19 bits per heavy atom. The molecule has 134 valence electrons. The summed E-state index contributed by atoms with van der Waals surface area (Å²) >= 11 is 1.12. The lowest BCUT2D eigenvalue weighted by Gasteiger charge is -2.04. The standard InChI is InChI=1S/C17H14F2N4O2S/c18-12-5-4-11(9-13(12)19)26-10-16(24)21-8-6-15-22-17(25-23-15)14-3-1-2-7-20-14/h1-5,7,9H,6,8,10H2,(H,21,24). The van der Waals surface area contributed by atoms with Crippen LogP contribution in [0.1, 0.15) is 5.82 Å². The van der Waals surface area contributed by atoms with E-state index in [2.05, 4.69) is 20.4 Å². The molecule has 6 nitrogen and oxygen atoms in total. The Bertz CT molecular complexity index is 889. The number of benzene rings is 1. The molecule has 0 bridgehead atoms. The highest BCUT2D eigenvalue weighted by molar-refractivity contribution is 8.00. The first-order valence-corrected chi connectivity index (χ1v) is 8.69. The first-order chi connectivity index (χ1) is 12.6. The second-order valence-electron chi connectivity index (χ2n) is 5.20. The minimum atomic E-state index is -0.934. The Kier molecular flexibility index (Phi) is 5.90. The van der Waals surface area contributed by atoms with E-state index in [0.29, 0.717) is 35.3 Å². The summed E-state index contributed by atoms with van der Waals surface area (Å²) in [4.78, 5) is 20.6. The van der Waals surface area contributed by atoms with Gasteiger partial charge in [-0.25, -0.2) is 8.78 Å². The average molecular weight is 376 g/mol. The first kappa shape index (κ1) is 18.0. The molecule has 2 aromatic heterocycles. The number of aromatic nitrogens is 3. The molecule has 3 rings (SSSR count). The zero-order valence-electron chi connectivity index (χ0n) is 13.5. The summed E-state index contributed by atoms with van der Waals surface area (Å²) in [5.41, 5.74) is 0.582. The van der Waals surface area contributed by atoms with Gasteiger partial charge >= 0.3 is 0 Å². The third-order valence-electron chi connectivity index (χ3n) is 3.28. The predicted molar refractivity (Wildman–Crippen MR) is 91.3 cm³/mol. The highest BCUT2D eigenvalue weighted by Crippen LogP contribution is 2.20. The monoisotopic (exact) mass is 376 g/mol. The van der Waals surface area contributed by atoms with E-state index < -0.39 is 11.6 Å². The number of hydrogen-bond donors (Lipinski definition) is 1. The lowest BCUT2D eigenvalue weighted by molar-refractivity contribution is -0.118. The van der Waals surface area contributed by atoms with Crippen molar-refractivity contribution in [2.75, 3.05) is 12.3 Å². The largest absolute Gasteiger partial charge is 0.355 e. The Morgan fingerprint density at radius 3 is 2.85 bits per heavy atom. The van der Waals surface area contributed by atoms with Crippen molar-refractivity contribution in [2.45, 2.75) is 11.3 Å². The molecule has 9 heteroatoms. The molecule has 1 aromatic carbocycles. The molecule has 0 radical (unpaired) electrons. The number of carbonyl (C=O) groups excluding carboxylic acids is 1. The second kappa shape index (κ2) is 8.52. The van der Waals surface area contributed by atoms with Crippen molar-refractivity contribution >= 4 is 17.7 Å². The van der Waals surface area contributed by atoms with Gasteiger partial charge in [-0.3, -0.25) is 9.78 Å². The Labute approximate surface area is 152 Å². The zero-order chi connectivity index (χ0) is 18.4. The molecule has 0 aliphatic rings. The van der Waals surface area contributed by atoms with Crippen LogP contribution in [0.2, 0.25) is 0 Å². The lowest BCUT2D eigenvalue weighted by Crippen LogP contribution is -2.27. The summed E-state index contributed by atoms with van der Waals surface area (Å²) in [6.45, 7) is 0.332. The van der Waals surface area contributed by atoms with Crippen LogP contribution in [0.5, 0.6) is 0 Å². The molecule has 0 aliphatic heterocycles. The Hall–Kier alpha value is -2.81. The Balaban J connectivity index is 1.42. The van der Waals surface area contributed by atoms with Crippen molar-refractivity contribution in [3.8, 4) is 11.6 Å². The van der Waals surface area contributed by atoms with Gasteiger partial charge in [0.2, 0.25) is 5.91 Å². The fraction of sp³-hybridized carbons (Fsp3) is 0.176. The minimum Gasteiger partial charge on any atom is -0.355 e. The van der Waals surface area contributed by atoms with Gasteiger partial charge < -0.3 is 9.84 Å². The van der Waals surface area contributed by atoms with Crippen molar-refractivity contribution in [2.24, 2.45) is 0 Å². The molecule has 0 saturated carbocycles. The molecule has 1 N–H and O–H groups in total. The number of pyridine rings is 1. The molecule has 2 heterocycles. The molecule has 0 fully saturated rings. The molecule has 26 heavy (non-hydrogen) atoms. The van der Waals surface area contributed by atoms with Crippen molar-refractivity contribution in [3.63, 3.8) is 0 Å². The summed E-state index contributed by atoms with van der Waals surface area (Å²) in [6.07, 6.45) is 2.03. The third kappa shape index (κ3) is 4.85. The van der Waals surface area contributed by atoms with Crippen molar-refractivity contribution in [3.05, 3.63) is 60.1 Å². The second-order valence-corrected chi connectivity index (χ2v) is 6.24. The van der Waals surface area contributed by atoms with Crippen LogP contribution < -0.4 is 5.32 Å². The summed E-state index contributed by atoms with van der Waals surface area (Å²) in [5.74, 6) is -1.20. The average Bonchev–Trinajstić information content (AvgIpc) is 3.12. The van der Waals surface area contributed by atoms with Crippen LogP contribution in [0, 0.1) is 11.6 Å². The van der Waals surface area contributed by atoms with Gasteiger partial charge in [-0.2, -0.15) is 4.98 Å². The van der Waals surface area contributed by atoms with Gasteiger partial charge in [0, 0.05) is 24.1 Å². The quantitative estimate of drug-likeness (QED) is 0.639. The summed E-state index contributed by atoms with van der Waals surface area (Å²) in [6, 6.07) is 8.88. The normalized spacial score (nSPS) is 10.7. The topological polar surface area (TPSA) is 80.9 Å². The third-order valence-corrected chi connectivity index (χ3v) is 4.28. The number of thioether (sulfide) groups is 1. The molecule has 0 spiro atoms. The highest BCUT2D eigenvalue weighted by Gasteiger charge is 2.10. The van der Waals surface area contributed by atoms with Gasteiger partial charge in [0.05, 0.1) is 5.75 Å². The maximum atomic E-state index is 13.1. The van der Waals surface area contributed by atoms with E-state index in [1.165, 1.54) is 6.07 Å². The maximum Gasteiger partial charge on any atom is 0.276 e. The number of hydrogen-bond acceptors (Lipinski definition) is 6. The summed E-state index contributed by atoms with van der Waals surface area (Å²) < 4.78 is 31.1. The minimum absolute atomic E-state index is 0.0938. The molecular weight excluding hydrogens is 362 g/mol. The van der Waals surface area contributed by atoms with Gasteiger partial charge in [-0.1, -0.05) is 11.2 Å². The van der Waals surface area contributed by atoms with Crippen LogP contribution in [0.25, 0.3) is 11.6 Å². The van der Waals surface area contributed by atoms with Crippen LogP contribution in [0.3, 0.4) is 0 Å². The highest BCUT2D eigenvalue weighted by atomic mass is 32.2. The van der Waals surface area contributed by atoms with Crippen LogP contribution in [0.15, 0.2) is 52.0 Å². The smallest absolute Gasteiger partial charge is 0.276 e. The van der Waals surface area contributed by atoms with Crippen LogP contribution in [-0.2, 0) is 11.2 Å². The van der Waals surface area contributed by atoms with Crippen LogP contribution in [-0.4, -0.2) is 33.3 Å². The van der Waals surface area contributed by atoms with Crippen molar-refractivity contribution in [1.82, 2.24) is 20.4 Å². The molecular formula is C17H14F2N4O2S. The van der Waals surface area contributed by atoms with E-state index >= 15 is 0 Å². The van der Waals surface area contributed by atoms with Crippen LogP contribution in [0.4, 0.5) is 8.78 Å². The maximum absolute atomic E-state index is 13.1. The number of carbonyl (C=O) groups is 1. The zero-order valence-corrected chi connectivity index (χ0v) is 14.3. The number of amides is 1. The van der Waals surface area contributed by atoms with Gasteiger partial charge in [-0.05, 0) is 30.3 Å². The van der Waals surface area contributed by atoms with Gasteiger partial charge in [0.25, 0.3) is 5.89 Å². The number of halogens is 2. The van der Waals surface area contributed by atoms with Gasteiger partial charge in [0.15, 0.2) is 17.5 Å². The van der Waals surface area contributed by atoms with E-state index in [4.69, 9.17) is 4.52 Å². The molecule has 0 saturated heterocycles. The number of rotatable bonds is 7. The van der Waals surface area contributed by atoms with Crippen molar-refractivity contribution < 1.29 is 18.1 Å². The van der Waals surface area contributed by atoms with E-state index in [-0.39, 0.29) is 11.7 Å². The van der Waals surface area contributed by atoms with E-state index in [1.807, 2.05) is 6.07 Å². The molecule has 1 amide bonds. The number of nitrogens with zero attached hydrogens (tertiary/aromatic N) is 3. The van der Waals surface area contributed by atoms with Crippen LogP contribution >= 0.6 is 11.8 Å². The molecule has 3 aromatic rings. The molecule has 0 unspecified atom stereocenters. The SMILES string of the molecule is O=C(CSc1ccc(F)c(F)c1)NCCc1noc(-c2ccccn2)n1. The summed E-state index contributed by atoms with van der Waals surface area (Å²) in [5, 5.41) is 6.55. The van der Waals surface area contributed by atoms with Crippen molar-refractivity contribution in [1.29, 1.82) is 0 Å². The summed E-state index contributed by atoms with van der Waals surface area (Å²) in [7, 11) is 0. The van der Waals surface area contributed by atoms with Gasteiger partial charge in [0.1, 0.15) is 5.69 Å². The first-order valence-electron chi connectivity index (χ1n) is 7.70. The Morgan fingerprint density at radius 2 is 2.08 bits per heavy atom. The number of nitrogens with one attached hydrogen (secondary N) is 1. The van der Waals surface area contributed by atoms with E-state index in [1.54, 1.807) is 18.3 Å². The van der Waals surface area contributed by atoms with E-state index in [9.17, 15) is 13.6 Å². The lowest BCUT2D eigenvalue weighted by atomic mass is 10.3. The van der Waals surface area contributed by atoms with E-state index in [0.717, 1.165) is 23.9 Å². The predicted octanol–water partition coefficient (Wildman–Crippen LogP) is 2.86.